The standard InChI is InChI=1S/C37H60O4S/c1-25(2)9-7-10-27(4)33-16-17-34-32-15-13-29-24-30(18-20-36(29,5)35(32)19-21-37(33,34)6)41-22-8-11-28-23-31(42(38,39)40)14-12-26(28)3/h12,14,23,25,27,29-30,32-35H,7-11,13,15-22,24H2,1-6H3,(H,38,39,40)/t27-,29+,30?,32?,33-,34?,35?,36+,37-/m1/s1. The van der Waals surface area contributed by atoms with Crippen LogP contribution in [-0.2, 0) is 21.3 Å². The van der Waals surface area contributed by atoms with E-state index in [-0.39, 0.29) is 4.90 Å². The molecule has 0 aromatic heterocycles. The molecule has 1 N–H and O–H groups in total. The summed E-state index contributed by atoms with van der Waals surface area (Å²) in [5, 5.41) is 0. The van der Waals surface area contributed by atoms with Crippen LogP contribution in [0.15, 0.2) is 23.1 Å². The van der Waals surface area contributed by atoms with Crippen molar-refractivity contribution in [3.63, 3.8) is 0 Å². The highest BCUT2D eigenvalue weighted by Gasteiger charge is 2.60. The Hall–Kier alpha value is -0.910. The van der Waals surface area contributed by atoms with Gasteiger partial charge in [-0.2, -0.15) is 8.42 Å². The van der Waals surface area contributed by atoms with Gasteiger partial charge in [0.05, 0.1) is 11.0 Å². The van der Waals surface area contributed by atoms with Gasteiger partial charge in [-0.15, -0.1) is 0 Å². The van der Waals surface area contributed by atoms with Crippen molar-refractivity contribution in [1.29, 1.82) is 0 Å². The molecule has 1 aromatic carbocycles. The third kappa shape index (κ3) is 6.54. The first kappa shape index (κ1) is 32.5. The molecular weight excluding hydrogens is 540 g/mol. The highest BCUT2D eigenvalue weighted by atomic mass is 32.2. The molecule has 0 spiro atoms. The molecule has 4 fully saturated rings. The summed E-state index contributed by atoms with van der Waals surface area (Å²) in [6.45, 7) is 15.4. The molecule has 4 aliphatic rings. The second-order valence-electron chi connectivity index (χ2n) is 16.1. The van der Waals surface area contributed by atoms with Gasteiger partial charge in [0, 0.05) is 6.61 Å². The van der Waals surface area contributed by atoms with E-state index in [1.807, 2.05) is 6.92 Å². The topological polar surface area (TPSA) is 63.6 Å². The summed E-state index contributed by atoms with van der Waals surface area (Å²) in [5.74, 6) is 6.24. The van der Waals surface area contributed by atoms with Gasteiger partial charge in [0.2, 0.25) is 0 Å². The Morgan fingerprint density at radius 3 is 2.40 bits per heavy atom. The number of ether oxygens (including phenoxy) is 1. The van der Waals surface area contributed by atoms with Crippen molar-refractivity contribution in [2.24, 2.45) is 52.3 Å². The second kappa shape index (κ2) is 12.8. The monoisotopic (exact) mass is 600 g/mol. The predicted octanol–water partition coefficient (Wildman–Crippen LogP) is 9.68. The van der Waals surface area contributed by atoms with Crippen molar-refractivity contribution in [2.45, 2.75) is 142 Å². The normalized spacial score (nSPS) is 37.2. The lowest BCUT2D eigenvalue weighted by Crippen LogP contribution is -2.54. The Morgan fingerprint density at radius 1 is 0.929 bits per heavy atom. The predicted molar refractivity (Wildman–Crippen MR) is 172 cm³/mol. The average molecular weight is 601 g/mol. The molecular formula is C37H60O4S. The maximum Gasteiger partial charge on any atom is 0.294 e. The lowest BCUT2D eigenvalue weighted by Gasteiger charge is -2.61. The summed E-state index contributed by atoms with van der Waals surface area (Å²) in [6, 6.07) is 4.88. The lowest BCUT2D eigenvalue weighted by molar-refractivity contribution is -0.136. The Balaban J connectivity index is 1.13. The van der Waals surface area contributed by atoms with E-state index in [1.165, 1.54) is 83.1 Å². The molecule has 4 saturated carbocycles. The molecule has 0 amide bonds. The zero-order valence-electron chi connectivity index (χ0n) is 27.5. The molecule has 9 atom stereocenters. The summed E-state index contributed by atoms with van der Waals surface area (Å²) in [6.07, 6.45) is 18.6. The zero-order chi connectivity index (χ0) is 30.3. The van der Waals surface area contributed by atoms with Gasteiger partial charge in [-0.05, 0) is 153 Å². The van der Waals surface area contributed by atoms with Gasteiger partial charge in [-0.25, -0.2) is 0 Å². The summed E-state index contributed by atoms with van der Waals surface area (Å²) in [5.41, 5.74) is 3.09. The van der Waals surface area contributed by atoms with Crippen molar-refractivity contribution in [3.05, 3.63) is 29.3 Å². The average Bonchev–Trinajstić information content (AvgIpc) is 3.28. The third-order valence-corrected chi connectivity index (χ3v) is 14.2. The summed E-state index contributed by atoms with van der Waals surface area (Å²) >= 11 is 0. The van der Waals surface area contributed by atoms with Gasteiger partial charge in [-0.3, -0.25) is 4.55 Å². The smallest absolute Gasteiger partial charge is 0.294 e. The summed E-state index contributed by atoms with van der Waals surface area (Å²) in [4.78, 5) is -0.0153. The first-order chi connectivity index (χ1) is 19.8. The molecule has 238 valence electrons. The molecule has 4 aliphatic carbocycles. The van der Waals surface area contributed by atoms with Gasteiger partial charge in [0.1, 0.15) is 0 Å². The van der Waals surface area contributed by atoms with E-state index >= 15 is 0 Å². The third-order valence-electron chi connectivity index (χ3n) is 13.4. The van der Waals surface area contributed by atoms with Gasteiger partial charge in [-0.1, -0.05) is 59.9 Å². The van der Waals surface area contributed by atoms with Crippen molar-refractivity contribution in [1.82, 2.24) is 0 Å². The number of benzene rings is 1. The molecule has 42 heavy (non-hydrogen) atoms. The van der Waals surface area contributed by atoms with Crippen molar-refractivity contribution in [2.75, 3.05) is 6.61 Å². The van der Waals surface area contributed by atoms with E-state index in [1.54, 1.807) is 12.1 Å². The number of fused-ring (bicyclic) bond motifs is 5. The fraction of sp³-hybridized carbons (Fsp3) is 0.838. The van der Waals surface area contributed by atoms with Crippen molar-refractivity contribution in [3.8, 4) is 0 Å². The van der Waals surface area contributed by atoms with Gasteiger partial charge >= 0.3 is 0 Å². The molecule has 5 heteroatoms. The molecule has 0 heterocycles. The molecule has 1 aromatic rings. The van der Waals surface area contributed by atoms with Crippen LogP contribution in [0.4, 0.5) is 0 Å². The van der Waals surface area contributed by atoms with E-state index in [0.717, 1.165) is 65.4 Å². The van der Waals surface area contributed by atoms with E-state index in [2.05, 4.69) is 34.6 Å². The Bertz CT molecular complexity index is 1180. The first-order valence-electron chi connectivity index (χ1n) is 17.5. The maximum absolute atomic E-state index is 11.6. The molecule has 4 nitrogen and oxygen atoms in total. The van der Waals surface area contributed by atoms with Crippen LogP contribution < -0.4 is 0 Å². The zero-order valence-corrected chi connectivity index (χ0v) is 28.4. The van der Waals surface area contributed by atoms with Crippen LogP contribution in [0.1, 0.15) is 129 Å². The first-order valence-corrected chi connectivity index (χ1v) is 19.0. The summed E-state index contributed by atoms with van der Waals surface area (Å²) in [7, 11) is -4.17. The minimum absolute atomic E-state index is 0.0153. The molecule has 0 radical (unpaired) electrons. The fourth-order valence-electron chi connectivity index (χ4n) is 11.0. The maximum atomic E-state index is 11.6. The van der Waals surface area contributed by atoms with E-state index < -0.39 is 10.1 Å². The Kier molecular flexibility index (Phi) is 9.93. The van der Waals surface area contributed by atoms with E-state index in [4.69, 9.17) is 4.74 Å². The van der Waals surface area contributed by atoms with Crippen LogP contribution in [-0.4, -0.2) is 25.7 Å². The molecule has 0 aliphatic heterocycles. The van der Waals surface area contributed by atoms with E-state index in [9.17, 15) is 13.0 Å². The molecule has 5 rings (SSSR count). The SMILES string of the molecule is Cc1ccc(S(=O)(=O)O)cc1CCCOC1CC[C@]2(C)C3CC[C@@]4(C)C(CC[C@@H]4[C@H](C)CCCC(C)C)C3CC[C@H]2C1. The molecule has 0 bridgehead atoms. The van der Waals surface area contributed by atoms with Gasteiger partial charge in [0.25, 0.3) is 10.1 Å². The molecule has 4 unspecified atom stereocenters. The quantitative estimate of drug-likeness (QED) is 0.203. The largest absolute Gasteiger partial charge is 0.378 e. The van der Waals surface area contributed by atoms with Gasteiger partial charge in [0.15, 0.2) is 0 Å². The Morgan fingerprint density at radius 2 is 1.67 bits per heavy atom. The summed E-state index contributed by atoms with van der Waals surface area (Å²) < 4.78 is 39.0. The van der Waals surface area contributed by atoms with Gasteiger partial charge < -0.3 is 4.74 Å². The van der Waals surface area contributed by atoms with E-state index in [0.29, 0.717) is 23.5 Å². The fourth-order valence-corrected chi connectivity index (χ4v) is 11.5. The Labute approximate surface area is 257 Å². The lowest BCUT2D eigenvalue weighted by atomic mass is 9.44. The van der Waals surface area contributed by atoms with Crippen LogP contribution in [0, 0.1) is 59.2 Å². The van der Waals surface area contributed by atoms with Crippen LogP contribution in [0.3, 0.4) is 0 Å². The number of aryl methyl sites for hydroxylation is 2. The molecule has 0 saturated heterocycles. The number of rotatable bonds is 11. The van der Waals surface area contributed by atoms with Crippen LogP contribution >= 0.6 is 0 Å². The minimum Gasteiger partial charge on any atom is -0.378 e. The minimum atomic E-state index is -4.17. The second-order valence-corrected chi connectivity index (χ2v) is 17.5. The van der Waals surface area contributed by atoms with Crippen molar-refractivity contribution >= 4 is 10.1 Å². The highest BCUT2D eigenvalue weighted by Crippen LogP contribution is 2.68. The van der Waals surface area contributed by atoms with Crippen LogP contribution in [0.2, 0.25) is 0 Å². The van der Waals surface area contributed by atoms with Crippen LogP contribution in [0.25, 0.3) is 0 Å². The van der Waals surface area contributed by atoms with Crippen LogP contribution in [0.5, 0.6) is 0 Å². The van der Waals surface area contributed by atoms with Crippen molar-refractivity contribution < 1.29 is 17.7 Å². The number of hydrogen-bond donors (Lipinski definition) is 1. The highest BCUT2D eigenvalue weighted by molar-refractivity contribution is 7.85. The number of hydrogen-bond acceptors (Lipinski definition) is 3.